The summed E-state index contributed by atoms with van der Waals surface area (Å²) in [6.45, 7) is 7.02. The van der Waals surface area contributed by atoms with E-state index in [1.807, 2.05) is 35.8 Å². The third kappa shape index (κ3) is 7.28. The van der Waals surface area contributed by atoms with Gasteiger partial charge in [0.2, 0.25) is 5.91 Å². The van der Waals surface area contributed by atoms with Gasteiger partial charge in [0.1, 0.15) is 11.6 Å². The molecular weight excluding hydrogens is 432 g/mol. The molecule has 6 nitrogen and oxygen atoms in total. The number of aryl methyl sites for hydroxylation is 2. The van der Waals surface area contributed by atoms with Crippen molar-refractivity contribution in [2.45, 2.75) is 69.6 Å². The number of thioether (sulfide) groups is 1. The molecule has 0 saturated heterocycles. The number of allylic oxidation sites excluding steroid dienone is 1. The summed E-state index contributed by atoms with van der Waals surface area (Å²) in [6.07, 6.45) is 9.24. The Balaban J connectivity index is 1.48. The van der Waals surface area contributed by atoms with Crippen molar-refractivity contribution in [3.8, 4) is 5.75 Å². The molecule has 1 aromatic heterocycles. The van der Waals surface area contributed by atoms with E-state index in [-0.39, 0.29) is 5.91 Å². The van der Waals surface area contributed by atoms with Crippen LogP contribution in [0.4, 0.5) is 0 Å². The predicted molar refractivity (Wildman–Crippen MR) is 126 cm³/mol. The van der Waals surface area contributed by atoms with Crippen LogP contribution in [0.2, 0.25) is 5.02 Å². The summed E-state index contributed by atoms with van der Waals surface area (Å²) in [5.41, 5.74) is 1.02. The molecule has 1 saturated carbocycles. The molecule has 0 unspecified atom stereocenters. The maximum atomic E-state index is 12.3. The predicted octanol–water partition coefficient (Wildman–Crippen LogP) is 4.98. The van der Waals surface area contributed by atoms with Crippen LogP contribution < -0.4 is 10.1 Å². The van der Waals surface area contributed by atoms with Crippen molar-refractivity contribution in [1.29, 1.82) is 0 Å². The van der Waals surface area contributed by atoms with Gasteiger partial charge >= 0.3 is 0 Å². The van der Waals surface area contributed by atoms with Crippen LogP contribution in [0.3, 0.4) is 0 Å². The molecule has 8 heteroatoms. The van der Waals surface area contributed by atoms with Crippen LogP contribution in [0.15, 0.2) is 36.0 Å². The van der Waals surface area contributed by atoms with Gasteiger partial charge in [-0.05, 0) is 49.9 Å². The molecule has 0 atom stereocenters. The van der Waals surface area contributed by atoms with Crippen molar-refractivity contribution < 1.29 is 9.53 Å². The van der Waals surface area contributed by atoms with Gasteiger partial charge in [-0.1, -0.05) is 48.7 Å². The molecule has 0 bridgehead atoms. The highest BCUT2D eigenvalue weighted by atomic mass is 35.5. The number of hydrogen-bond acceptors (Lipinski definition) is 5. The average molecular weight is 463 g/mol. The largest absolute Gasteiger partial charge is 0.493 e. The molecule has 1 heterocycles. The minimum absolute atomic E-state index is 0.0679. The van der Waals surface area contributed by atoms with Crippen LogP contribution in [0.1, 0.15) is 49.9 Å². The summed E-state index contributed by atoms with van der Waals surface area (Å²) in [5, 5.41) is 13.3. The number of nitrogens with zero attached hydrogens (tertiary/aromatic N) is 3. The van der Waals surface area contributed by atoms with Crippen LogP contribution in [0, 0.1) is 6.92 Å². The van der Waals surface area contributed by atoms with Gasteiger partial charge in [0.15, 0.2) is 5.16 Å². The number of ether oxygens (including phenoxy) is 1. The van der Waals surface area contributed by atoms with Gasteiger partial charge in [0, 0.05) is 24.0 Å². The number of halogens is 1. The van der Waals surface area contributed by atoms with Gasteiger partial charge in [-0.3, -0.25) is 4.79 Å². The van der Waals surface area contributed by atoms with Crippen LogP contribution in [0.5, 0.6) is 5.75 Å². The normalized spacial score (nSPS) is 14.4. The van der Waals surface area contributed by atoms with Crippen LogP contribution >= 0.6 is 23.4 Å². The first-order valence-electron chi connectivity index (χ1n) is 10.9. The fourth-order valence-electron chi connectivity index (χ4n) is 3.76. The summed E-state index contributed by atoms with van der Waals surface area (Å²) in [4.78, 5) is 12.3. The number of carbonyl (C=O) groups excluding carboxylic acids is 1. The van der Waals surface area contributed by atoms with Gasteiger partial charge in [0.25, 0.3) is 0 Å². The first kappa shape index (κ1) is 23.7. The molecule has 2 aromatic rings. The van der Waals surface area contributed by atoms with E-state index in [1.54, 1.807) is 0 Å². The van der Waals surface area contributed by atoms with Crippen LogP contribution in [-0.2, 0) is 17.8 Å². The second-order valence-electron chi connectivity index (χ2n) is 7.85. The van der Waals surface area contributed by atoms with E-state index < -0.39 is 0 Å². The van der Waals surface area contributed by atoms with Gasteiger partial charge in [-0.25, -0.2) is 0 Å². The zero-order valence-electron chi connectivity index (χ0n) is 18.1. The van der Waals surface area contributed by atoms with Crippen LogP contribution in [-0.4, -0.2) is 39.1 Å². The van der Waals surface area contributed by atoms with E-state index in [2.05, 4.69) is 22.1 Å². The Kier molecular flexibility index (Phi) is 9.28. The van der Waals surface area contributed by atoms with Gasteiger partial charge < -0.3 is 14.6 Å². The molecule has 0 aliphatic heterocycles. The molecule has 1 fully saturated rings. The second-order valence-corrected chi connectivity index (χ2v) is 9.23. The third-order valence-corrected chi connectivity index (χ3v) is 6.55. The molecule has 168 valence electrons. The molecule has 1 aliphatic rings. The lowest BCUT2D eigenvalue weighted by Crippen LogP contribution is -2.37. The van der Waals surface area contributed by atoms with Crippen molar-refractivity contribution in [2.75, 3.05) is 12.4 Å². The fourth-order valence-corrected chi connectivity index (χ4v) is 4.76. The Labute approximate surface area is 193 Å². The summed E-state index contributed by atoms with van der Waals surface area (Å²) >= 11 is 7.42. The molecule has 1 N–H and O–H groups in total. The molecule has 3 rings (SSSR count). The quantitative estimate of drug-likeness (QED) is 0.290. The van der Waals surface area contributed by atoms with Crippen LogP contribution in [0.25, 0.3) is 0 Å². The summed E-state index contributed by atoms with van der Waals surface area (Å²) in [6, 6.07) is 5.95. The van der Waals surface area contributed by atoms with Crippen molar-refractivity contribution >= 4 is 29.3 Å². The molecule has 0 spiro atoms. The number of carbonyl (C=O) groups is 1. The zero-order chi connectivity index (χ0) is 22.1. The van der Waals surface area contributed by atoms with E-state index >= 15 is 0 Å². The topological polar surface area (TPSA) is 69.0 Å². The number of rotatable bonds is 11. The lowest BCUT2D eigenvalue weighted by atomic mass is 9.95. The highest BCUT2D eigenvalue weighted by Crippen LogP contribution is 2.23. The lowest BCUT2D eigenvalue weighted by molar-refractivity contribution is -0.119. The highest BCUT2D eigenvalue weighted by Gasteiger charge is 2.17. The number of amides is 1. The first-order chi connectivity index (χ1) is 15.1. The van der Waals surface area contributed by atoms with Crippen molar-refractivity contribution in [3.63, 3.8) is 0 Å². The minimum Gasteiger partial charge on any atom is -0.493 e. The number of aromatic nitrogens is 3. The zero-order valence-corrected chi connectivity index (χ0v) is 19.7. The smallest absolute Gasteiger partial charge is 0.230 e. The van der Waals surface area contributed by atoms with E-state index in [1.165, 1.54) is 31.0 Å². The monoisotopic (exact) mass is 462 g/mol. The Hall–Kier alpha value is -1.99. The minimum atomic E-state index is 0.0679. The van der Waals surface area contributed by atoms with E-state index in [0.29, 0.717) is 30.0 Å². The second kappa shape index (κ2) is 12.2. The van der Waals surface area contributed by atoms with Crippen molar-refractivity contribution in [2.24, 2.45) is 0 Å². The Morgan fingerprint density at radius 1 is 1.35 bits per heavy atom. The SMILES string of the molecule is C=CCn1c(CCCOc2ccc(Cl)cc2C)nnc1SCC(=O)NC1CCCCC1. The van der Waals surface area contributed by atoms with E-state index in [9.17, 15) is 4.79 Å². The summed E-state index contributed by atoms with van der Waals surface area (Å²) in [7, 11) is 0. The lowest BCUT2D eigenvalue weighted by Gasteiger charge is -2.22. The highest BCUT2D eigenvalue weighted by molar-refractivity contribution is 7.99. The van der Waals surface area contributed by atoms with E-state index in [0.717, 1.165) is 48.0 Å². The molecule has 1 aliphatic carbocycles. The Morgan fingerprint density at radius 2 is 2.16 bits per heavy atom. The van der Waals surface area contributed by atoms with E-state index in [4.69, 9.17) is 16.3 Å². The molecule has 0 radical (unpaired) electrons. The van der Waals surface area contributed by atoms with Gasteiger partial charge in [0.05, 0.1) is 12.4 Å². The van der Waals surface area contributed by atoms with Crippen molar-refractivity contribution in [3.05, 3.63) is 47.3 Å². The number of hydrogen-bond donors (Lipinski definition) is 1. The number of nitrogens with one attached hydrogen (secondary N) is 1. The van der Waals surface area contributed by atoms with Gasteiger partial charge in [-0.15, -0.1) is 16.8 Å². The Bertz CT molecular complexity index is 880. The van der Waals surface area contributed by atoms with Gasteiger partial charge in [-0.2, -0.15) is 0 Å². The third-order valence-electron chi connectivity index (χ3n) is 5.35. The fraction of sp³-hybridized carbons (Fsp3) is 0.522. The first-order valence-corrected chi connectivity index (χ1v) is 12.3. The Morgan fingerprint density at radius 3 is 2.90 bits per heavy atom. The van der Waals surface area contributed by atoms with Crippen molar-refractivity contribution in [1.82, 2.24) is 20.1 Å². The maximum absolute atomic E-state index is 12.3. The molecule has 1 aromatic carbocycles. The summed E-state index contributed by atoms with van der Waals surface area (Å²) in [5.74, 6) is 2.15. The standard InChI is InChI=1S/C23H31ClN4O2S/c1-3-13-28-21(10-7-14-30-20-12-11-18(24)15-17(20)2)26-27-23(28)31-16-22(29)25-19-8-5-4-6-9-19/h3,11-12,15,19H,1,4-10,13-14,16H2,2H3,(H,25,29). The number of benzene rings is 1. The summed E-state index contributed by atoms with van der Waals surface area (Å²) < 4.78 is 7.90. The molecule has 1 amide bonds. The maximum Gasteiger partial charge on any atom is 0.230 e. The molecule has 31 heavy (non-hydrogen) atoms. The average Bonchev–Trinajstić information content (AvgIpc) is 3.13. The molecular formula is C23H31ClN4O2S.